The Bertz CT molecular complexity index is 197. The summed E-state index contributed by atoms with van der Waals surface area (Å²) in [7, 11) is 7.97. The Morgan fingerprint density at radius 3 is 2.12 bits per heavy atom. The summed E-state index contributed by atoms with van der Waals surface area (Å²) in [5, 5.41) is 6.39. The first-order valence-corrected chi connectivity index (χ1v) is 6.15. The van der Waals surface area contributed by atoms with Crippen LogP contribution in [0.4, 0.5) is 0 Å². The number of nitrogens with one attached hydrogen (secondary N) is 2. The number of guanidine groups is 1. The normalized spacial score (nSPS) is 14.4. The zero-order valence-corrected chi connectivity index (χ0v) is 11.7. The molecule has 0 aromatic heterocycles. The van der Waals surface area contributed by atoms with Crippen molar-refractivity contribution in [1.29, 1.82) is 0 Å². The highest BCUT2D eigenvalue weighted by Crippen LogP contribution is 2.16. The molecule has 0 radical (unpaired) electrons. The van der Waals surface area contributed by atoms with Gasteiger partial charge in [0.2, 0.25) is 0 Å². The molecule has 0 saturated carbocycles. The second-order valence-electron chi connectivity index (χ2n) is 4.31. The highest BCUT2D eigenvalue weighted by atomic mass is 15.2. The molecule has 0 aliphatic rings. The van der Waals surface area contributed by atoms with Crippen molar-refractivity contribution in [3.05, 3.63) is 0 Å². The van der Waals surface area contributed by atoms with Crippen molar-refractivity contribution in [3.63, 3.8) is 0 Å². The predicted molar refractivity (Wildman–Crippen MR) is 72.0 cm³/mol. The molecule has 16 heavy (non-hydrogen) atoms. The second-order valence-corrected chi connectivity index (χ2v) is 4.31. The maximum absolute atomic E-state index is 4.12. The van der Waals surface area contributed by atoms with Gasteiger partial charge >= 0.3 is 0 Å². The lowest BCUT2D eigenvalue weighted by Gasteiger charge is -2.31. The molecule has 0 aromatic carbocycles. The predicted octanol–water partition coefficient (Wildman–Crippen LogP) is 1.15. The van der Waals surface area contributed by atoms with Crippen molar-refractivity contribution in [2.24, 2.45) is 10.9 Å². The first-order valence-electron chi connectivity index (χ1n) is 6.15. The molecule has 0 saturated heterocycles. The maximum Gasteiger partial charge on any atom is 0.190 e. The first kappa shape index (κ1) is 15.2. The van der Waals surface area contributed by atoms with Gasteiger partial charge in [-0.1, -0.05) is 26.7 Å². The van der Waals surface area contributed by atoms with Gasteiger partial charge in [-0.3, -0.25) is 4.99 Å². The van der Waals surface area contributed by atoms with Gasteiger partial charge in [-0.25, -0.2) is 0 Å². The molecule has 0 aliphatic carbocycles. The Hall–Kier alpha value is -0.770. The van der Waals surface area contributed by atoms with Gasteiger partial charge in [0.15, 0.2) is 5.96 Å². The van der Waals surface area contributed by atoms with E-state index in [4.69, 9.17) is 0 Å². The summed E-state index contributed by atoms with van der Waals surface area (Å²) in [4.78, 5) is 6.42. The van der Waals surface area contributed by atoms with Crippen molar-refractivity contribution in [1.82, 2.24) is 15.5 Å². The Kier molecular flexibility index (Phi) is 7.99. The molecule has 96 valence electrons. The fourth-order valence-electron chi connectivity index (χ4n) is 2.08. The summed E-state index contributed by atoms with van der Waals surface area (Å²) in [5.74, 6) is 1.59. The van der Waals surface area contributed by atoms with Crippen LogP contribution in [0.25, 0.3) is 0 Å². The molecular formula is C12H28N4. The molecule has 1 unspecified atom stereocenters. The van der Waals surface area contributed by atoms with Crippen LogP contribution >= 0.6 is 0 Å². The lowest BCUT2D eigenvalue weighted by molar-refractivity contribution is 0.200. The molecule has 0 aliphatic heterocycles. The van der Waals surface area contributed by atoms with E-state index in [1.807, 2.05) is 7.05 Å². The third-order valence-corrected chi connectivity index (χ3v) is 3.20. The molecule has 0 bridgehead atoms. The number of rotatable bonds is 6. The van der Waals surface area contributed by atoms with E-state index in [1.54, 1.807) is 7.05 Å². The Labute approximate surface area is 101 Å². The number of hydrogen-bond donors (Lipinski definition) is 2. The van der Waals surface area contributed by atoms with Gasteiger partial charge in [0.1, 0.15) is 0 Å². The molecule has 0 heterocycles. The van der Waals surface area contributed by atoms with Gasteiger partial charge in [0, 0.05) is 26.7 Å². The Morgan fingerprint density at radius 1 is 1.25 bits per heavy atom. The fraction of sp³-hybridized carbons (Fsp3) is 0.917. The Morgan fingerprint density at radius 2 is 1.81 bits per heavy atom. The van der Waals surface area contributed by atoms with Crippen LogP contribution in [0.1, 0.15) is 26.7 Å². The van der Waals surface area contributed by atoms with Crippen LogP contribution < -0.4 is 10.6 Å². The fourth-order valence-corrected chi connectivity index (χ4v) is 2.08. The minimum Gasteiger partial charge on any atom is -0.359 e. The van der Waals surface area contributed by atoms with Crippen molar-refractivity contribution >= 4 is 5.96 Å². The van der Waals surface area contributed by atoms with Crippen molar-refractivity contribution in [3.8, 4) is 0 Å². The van der Waals surface area contributed by atoms with E-state index >= 15 is 0 Å². The number of nitrogens with zero attached hydrogens (tertiary/aromatic N) is 2. The van der Waals surface area contributed by atoms with Gasteiger partial charge < -0.3 is 15.5 Å². The van der Waals surface area contributed by atoms with Crippen molar-refractivity contribution < 1.29 is 0 Å². The lowest BCUT2D eigenvalue weighted by Crippen LogP contribution is -2.47. The Balaban J connectivity index is 4.34. The molecule has 4 heteroatoms. The van der Waals surface area contributed by atoms with Crippen LogP contribution in [0.5, 0.6) is 0 Å². The molecule has 0 rings (SSSR count). The molecule has 0 spiro atoms. The van der Waals surface area contributed by atoms with Crippen LogP contribution in [-0.4, -0.2) is 51.6 Å². The SMILES string of the molecule is CCC(CC)C(CNC(=NC)NC)N(C)C. The van der Waals surface area contributed by atoms with E-state index in [-0.39, 0.29) is 0 Å². The summed E-state index contributed by atoms with van der Waals surface area (Å²) in [6.07, 6.45) is 2.44. The van der Waals surface area contributed by atoms with Gasteiger partial charge in [-0.05, 0) is 20.0 Å². The largest absolute Gasteiger partial charge is 0.359 e. The lowest BCUT2D eigenvalue weighted by atomic mass is 9.93. The highest BCUT2D eigenvalue weighted by molar-refractivity contribution is 5.79. The van der Waals surface area contributed by atoms with E-state index in [0.717, 1.165) is 18.4 Å². The monoisotopic (exact) mass is 228 g/mol. The highest BCUT2D eigenvalue weighted by Gasteiger charge is 2.20. The molecule has 4 nitrogen and oxygen atoms in total. The minimum absolute atomic E-state index is 0.556. The maximum atomic E-state index is 4.12. The van der Waals surface area contributed by atoms with E-state index in [0.29, 0.717) is 6.04 Å². The van der Waals surface area contributed by atoms with Crippen LogP contribution in [-0.2, 0) is 0 Å². The third kappa shape index (κ3) is 4.84. The zero-order valence-electron chi connectivity index (χ0n) is 11.7. The van der Waals surface area contributed by atoms with E-state index in [2.05, 4.69) is 48.5 Å². The quantitative estimate of drug-likeness (QED) is 0.529. The first-order chi connectivity index (χ1) is 7.60. The van der Waals surface area contributed by atoms with Crippen molar-refractivity contribution in [2.75, 3.05) is 34.7 Å². The second kappa shape index (κ2) is 8.39. The topological polar surface area (TPSA) is 39.7 Å². The summed E-state index contributed by atoms with van der Waals surface area (Å²) >= 11 is 0. The molecule has 1 atom stereocenters. The van der Waals surface area contributed by atoms with Gasteiger partial charge in [-0.2, -0.15) is 0 Å². The van der Waals surface area contributed by atoms with Gasteiger partial charge in [-0.15, -0.1) is 0 Å². The number of hydrogen-bond acceptors (Lipinski definition) is 2. The zero-order chi connectivity index (χ0) is 12.6. The average Bonchev–Trinajstić information content (AvgIpc) is 2.28. The summed E-state index contributed by atoms with van der Waals surface area (Å²) in [6.45, 7) is 5.46. The average molecular weight is 228 g/mol. The summed E-state index contributed by atoms with van der Waals surface area (Å²) in [5.41, 5.74) is 0. The molecule has 2 N–H and O–H groups in total. The van der Waals surface area contributed by atoms with Crippen molar-refractivity contribution in [2.45, 2.75) is 32.7 Å². The third-order valence-electron chi connectivity index (χ3n) is 3.20. The van der Waals surface area contributed by atoms with E-state index < -0.39 is 0 Å². The summed E-state index contributed by atoms with van der Waals surface area (Å²) in [6, 6.07) is 0.556. The molecule has 0 aromatic rings. The standard InChI is InChI=1S/C12H28N4/c1-7-10(8-2)11(16(5)6)9-15-12(13-3)14-4/h10-11H,7-9H2,1-6H3,(H2,13,14,15). The van der Waals surface area contributed by atoms with Gasteiger partial charge in [0.05, 0.1) is 0 Å². The van der Waals surface area contributed by atoms with Crippen LogP contribution in [0, 0.1) is 5.92 Å². The number of likely N-dealkylation sites (N-methyl/N-ethyl adjacent to an activating group) is 1. The van der Waals surface area contributed by atoms with E-state index in [9.17, 15) is 0 Å². The van der Waals surface area contributed by atoms with Gasteiger partial charge in [0.25, 0.3) is 0 Å². The molecular weight excluding hydrogens is 200 g/mol. The van der Waals surface area contributed by atoms with Crippen LogP contribution in [0.3, 0.4) is 0 Å². The van der Waals surface area contributed by atoms with Crippen LogP contribution in [0.2, 0.25) is 0 Å². The number of aliphatic imine (C=N–C) groups is 1. The summed E-state index contributed by atoms with van der Waals surface area (Å²) < 4.78 is 0. The molecule has 0 amide bonds. The minimum atomic E-state index is 0.556. The molecule has 0 fully saturated rings. The van der Waals surface area contributed by atoms with Crippen LogP contribution in [0.15, 0.2) is 4.99 Å². The van der Waals surface area contributed by atoms with E-state index in [1.165, 1.54) is 12.8 Å². The smallest absolute Gasteiger partial charge is 0.190 e.